The lowest BCUT2D eigenvalue weighted by Gasteiger charge is -2.40. The maximum absolute atomic E-state index is 9.62. The molecule has 0 aromatic heterocycles. The number of aromatic hydroxyl groups is 1. The first kappa shape index (κ1) is 13.4. The van der Waals surface area contributed by atoms with E-state index < -0.39 is 0 Å². The van der Waals surface area contributed by atoms with Gasteiger partial charge in [-0.3, -0.25) is 4.90 Å². The van der Waals surface area contributed by atoms with Crippen LogP contribution in [-0.2, 0) is 0 Å². The zero-order valence-electron chi connectivity index (χ0n) is 11.2. The summed E-state index contributed by atoms with van der Waals surface area (Å²) in [6.07, 6.45) is 5.03. The Morgan fingerprint density at radius 2 is 2.28 bits per heavy atom. The SMILES string of the molecule is CCC1CCCCN1C(CN)c1cccc(O)c1. The fraction of sp³-hybridized carbons (Fsp3) is 0.600. The van der Waals surface area contributed by atoms with Crippen molar-refractivity contribution >= 4 is 0 Å². The van der Waals surface area contributed by atoms with Crippen molar-refractivity contribution in [2.24, 2.45) is 5.73 Å². The maximum Gasteiger partial charge on any atom is 0.115 e. The van der Waals surface area contributed by atoms with Gasteiger partial charge < -0.3 is 10.8 Å². The number of phenolic OH excluding ortho intramolecular Hbond substituents is 1. The zero-order chi connectivity index (χ0) is 13.0. The van der Waals surface area contributed by atoms with Crippen molar-refractivity contribution < 1.29 is 5.11 Å². The minimum atomic E-state index is 0.238. The molecule has 2 rings (SSSR count). The number of hydrogen-bond donors (Lipinski definition) is 2. The van der Waals surface area contributed by atoms with Gasteiger partial charge in [0.05, 0.1) is 0 Å². The van der Waals surface area contributed by atoms with Crippen LogP contribution in [0.15, 0.2) is 24.3 Å². The van der Waals surface area contributed by atoms with E-state index in [-0.39, 0.29) is 6.04 Å². The van der Waals surface area contributed by atoms with Gasteiger partial charge in [0, 0.05) is 18.6 Å². The molecule has 3 heteroatoms. The van der Waals surface area contributed by atoms with Crippen molar-refractivity contribution in [1.82, 2.24) is 4.90 Å². The first-order valence-electron chi connectivity index (χ1n) is 7.01. The second-order valence-corrected chi connectivity index (χ2v) is 5.14. The lowest BCUT2D eigenvalue weighted by atomic mass is 9.95. The van der Waals surface area contributed by atoms with E-state index in [1.807, 2.05) is 12.1 Å². The molecule has 1 heterocycles. The molecule has 0 radical (unpaired) electrons. The van der Waals surface area contributed by atoms with Crippen molar-refractivity contribution in [1.29, 1.82) is 0 Å². The summed E-state index contributed by atoms with van der Waals surface area (Å²) in [5.41, 5.74) is 7.12. The highest BCUT2D eigenvalue weighted by Gasteiger charge is 2.27. The molecule has 1 aromatic rings. The molecular weight excluding hydrogens is 224 g/mol. The lowest BCUT2D eigenvalue weighted by Crippen LogP contribution is -2.44. The molecule has 2 unspecified atom stereocenters. The van der Waals surface area contributed by atoms with E-state index in [0.717, 1.165) is 12.1 Å². The van der Waals surface area contributed by atoms with Crippen LogP contribution < -0.4 is 5.73 Å². The minimum Gasteiger partial charge on any atom is -0.508 e. The fourth-order valence-electron chi connectivity index (χ4n) is 3.07. The van der Waals surface area contributed by atoms with Crippen molar-refractivity contribution in [3.63, 3.8) is 0 Å². The van der Waals surface area contributed by atoms with Gasteiger partial charge in [-0.1, -0.05) is 25.5 Å². The Kier molecular flexibility index (Phi) is 4.61. The van der Waals surface area contributed by atoms with Gasteiger partial charge in [-0.2, -0.15) is 0 Å². The normalized spacial score (nSPS) is 22.9. The highest BCUT2D eigenvalue weighted by molar-refractivity contribution is 5.29. The summed E-state index contributed by atoms with van der Waals surface area (Å²) in [6, 6.07) is 8.40. The number of benzene rings is 1. The predicted molar refractivity (Wildman–Crippen MR) is 74.5 cm³/mol. The molecule has 18 heavy (non-hydrogen) atoms. The van der Waals surface area contributed by atoms with Gasteiger partial charge in [0.25, 0.3) is 0 Å². The first-order valence-corrected chi connectivity index (χ1v) is 7.01. The molecule has 2 atom stereocenters. The zero-order valence-corrected chi connectivity index (χ0v) is 11.2. The van der Waals surface area contributed by atoms with E-state index in [1.165, 1.54) is 25.7 Å². The van der Waals surface area contributed by atoms with Crippen molar-refractivity contribution in [3.8, 4) is 5.75 Å². The van der Waals surface area contributed by atoms with Crippen LogP contribution >= 0.6 is 0 Å². The van der Waals surface area contributed by atoms with Gasteiger partial charge in [-0.15, -0.1) is 0 Å². The summed E-state index contributed by atoms with van der Waals surface area (Å²) in [5, 5.41) is 9.62. The van der Waals surface area contributed by atoms with Gasteiger partial charge in [-0.25, -0.2) is 0 Å². The molecule has 0 saturated carbocycles. The molecule has 0 bridgehead atoms. The van der Waals surface area contributed by atoms with Crippen LogP contribution in [0.2, 0.25) is 0 Å². The third kappa shape index (κ3) is 2.85. The molecule has 1 saturated heterocycles. The fourth-order valence-corrected chi connectivity index (χ4v) is 3.07. The summed E-state index contributed by atoms with van der Waals surface area (Å²) in [7, 11) is 0. The van der Waals surface area contributed by atoms with E-state index in [0.29, 0.717) is 18.3 Å². The molecule has 3 N–H and O–H groups in total. The smallest absolute Gasteiger partial charge is 0.115 e. The second kappa shape index (κ2) is 6.21. The highest BCUT2D eigenvalue weighted by atomic mass is 16.3. The minimum absolute atomic E-state index is 0.238. The molecular formula is C15H24N2O. The summed E-state index contributed by atoms with van der Waals surface area (Å²) in [5.74, 6) is 0.330. The van der Waals surface area contributed by atoms with Crippen molar-refractivity contribution in [3.05, 3.63) is 29.8 Å². The van der Waals surface area contributed by atoms with Gasteiger partial charge in [0.1, 0.15) is 5.75 Å². The highest BCUT2D eigenvalue weighted by Crippen LogP contribution is 2.30. The number of nitrogens with two attached hydrogens (primary N) is 1. The average Bonchev–Trinajstić information content (AvgIpc) is 2.40. The van der Waals surface area contributed by atoms with Crippen LogP contribution in [0.4, 0.5) is 0 Å². The molecule has 100 valence electrons. The van der Waals surface area contributed by atoms with E-state index in [2.05, 4.69) is 17.9 Å². The van der Waals surface area contributed by atoms with Gasteiger partial charge >= 0.3 is 0 Å². The third-order valence-electron chi connectivity index (χ3n) is 4.02. The molecule has 1 aliphatic rings. The van der Waals surface area contributed by atoms with Gasteiger partial charge in [0.15, 0.2) is 0 Å². The molecule has 1 aromatic carbocycles. The van der Waals surface area contributed by atoms with Crippen LogP contribution in [0.1, 0.15) is 44.2 Å². The monoisotopic (exact) mass is 248 g/mol. The van der Waals surface area contributed by atoms with Gasteiger partial charge in [-0.05, 0) is 43.5 Å². The Hall–Kier alpha value is -1.06. The van der Waals surface area contributed by atoms with Gasteiger partial charge in [0.2, 0.25) is 0 Å². The molecule has 0 aliphatic carbocycles. The Bertz CT molecular complexity index is 381. The molecule has 3 nitrogen and oxygen atoms in total. The number of nitrogens with zero attached hydrogens (tertiary/aromatic N) is 1. The second-order valence-electron chi connectivity index (χ2n) is 5.14. The number of piperidine rings is 1. The van der Waals surface area contributed by atoms with E-state index in [1.54, 1.807) is 6.07 Å². The third-order valence-corrected chi connectivity index (χ3v) is 4.02. The topological polar surface area (TPSA) is 49.5 Å². The van der Waals surface area contributed by atoms with Crippen LogP contribution in [-0.4, -0.2) is 29.1 Å². The number of phenols is 1. The van der Waals surface area contributed by atoms with E-state index in [9.17, 15) is 5.11 Å². The lowest BCUT2D eigenvalue weighted by molar-refractivity contribution is 0.0948. The summed E-state index contributed by atoms with van der Waals surface area (Å²) in [6.45, 7) is 3.98. The predicted octanol–water partition coefficient (Wildman–Crippen LogP) is 2.66. The number of rotatable bonds is 4. The molecule has 0 amide bonds. The standard InChI is InChI=1S/C15H24N2O/c1-2-13-7-3-4-9-17(13)15(11-16)12-6-5-8-14(18)10-12/h5-6,8,10,13,15,18H,2-4,7,9,11,16H2,1H3. The van der Waals surface area contributed by atoms with Crippen molar-refractivity contribution in [2.75, 3.05) is 13.1 Å². The van der Waals surface area contributed by atoms with Crippen LogP contribution in [0.25, 0.3) is 0 Å². The Morgan fingerprint density at radius 1 is 1.44 bits per heavy atom. The van der Waals surface area contributed by atoms with E-state index in [4.69, 9.17) is 5.73 Å². The van der Waals surface area contributed by atoms with Crippen molar-refractivity contribution in [2.45, 2.75) is 44.7 Å². The summed E-state index contributed by atoms with van der Waals surface area (Å²) < 4.78 is 0. The molecule has 1 aliphatic heterocycles. The number of likely N-dealkylation sites (tertiary alicyclic amines) is 1. The Balaban J connectivity index is 2.21. The summed E-state index contributed by atoms with van der Waals surface area (Å²) >= 11 is 0. The Morgan fingerprint density at radius 3 is 2.94 bits per heavy atom. The van der Waals surface area contributed by atoms with E-state index >= 15 is 0 Å². The molecule has 0 spiro atoms. The van der Waals surface area contributed by atoms with Crippen LogP contribution in [0.3, 0.4) is 0 Å². The number of hydrogen-bond acceptors (Lipinski definition) is 3. The maximum atomic E-state index is 9.62. The Labute approximate surface area is 110 Å². The van der Waals surface area contributed by atoms with Crippen LogP contribution in [0, 0.1) is 0 Å². The van der Waals surface area contributed by atoms with Crippen LogP contribution in [0.5, 0.6) is 5.75 Å². The average molecular weight is 248 g/mol. The molecule has 1 fully saturated rings. The first-order chi connectivity index (χ1) is 8.76. The largest absolute Gasteiger partial charge is 0.508 e. The summed E-state index contributed by atoms with van der Waals surface area (Å²) in [4.78, 5) is 2.53. The quantitative estimate of drug-likeness (QED) is 0.861.